The lowest BCUT2D eigenvalue weighted by Crippen LogP contribution is -2.16. The highest BCUT2D eigenvalue weighted by molar-refractivity contribution is 5.81. The van der Waals surface area contributed by atoms with E-state index in [9.17, 15) is 5.26 Å². The molecule has 0 saturated heterocycles. The predicted molar refractivity (Wildman–Crippen MR) is 101 cm³/mol. The predicted octanol–water partition coefficient (Wildman–Crippen LogP) is 2.53. The molecule has 0 bridgehead atoms. The van der Waals surface area contributed by atoms with Crippen molar-refractivity contribution >= 4 is 5.82 Å². The SMILES string of the molecule is Cc1cc(C)c(-c2c(C#N)c(N)nc3c2COCC3)cc1Cn1cncn1. The monoisotopic (exact) mass is 360 g/mol. The Kier molecular flexibility index (Phi) is 4.34. The molecule has 0 amide bonds. The minimum atomic E-state index is 0.283. The Bertz CT molecular complexity index is 1050. The molecule has 0 aliphatic carbocycles. The minimum absolute atomic E-state index is 0.283. The van der Waals surface area contributed by atoms with Crippen LogP contribution in [0.2, 0.25) is 0 Å². The summed E-state index contributed by atoms with van der Waals surface area (Å²) in [5.74, 6) is 0.283. The van der Waals surface area contributed by atoms with Crippen molar-refractivity contribution < 1.29 is 4.74 Å². The van der Waals surface area contributed by atoms with E-state index in [4.69, 9.17) is 10.5 Å². The summed E-state index contributed by atoms with van der Waals surface area (Å²) in [6, 6.07) is 6.50. The van der Waals surface area contributed by atoms with Crippen molar-refractivity contribution in [1.29, 1.82) is 5.26 Å². The molecule has 27 heavy (non-hydrogen) atoms. The molecule has 136 valence electrons. The molecule has 0 saturated carbocycles. The number of pyridine rings is 1. The second-order valence-corrected chi connectivity index (χ2v) is 6.77. The summed E-state index contributed by atoms with van der Waals surface area (Å²) in [5, 5.41) is 13.9. The molecular weight excluding hydrogens is 340 g/mol. The molecule has 3 heterocycles. The summed E-state index contributed by atoms with van der Waals surface area (Å²) in [4.78, 5) is 8.46. The quantitative estimate of drug-likeness (QED) is 0.770. The highest BCUT2D eigenvalue weighted by atomic mass is 16.5. The summed E-state index contributed by atoms with van der Waals surface area (Å²) in [5.41, 5.74) is 13.6. The van der Waals surface area contributed by atoms with Crippen LogP contribution in [0.25, 0.3) is 11.1 Å². The Labute approximate surface area is 157 Å². The maximum atomic E-state index is 9.75. The van der Waals surface area contributed by atoms with Gasteiger partial charge in [-0.15, -0.1) is 0 Å². The first-order valence-corrected chi connectivity index (χ1v) is 8.80. The van der Waals surface area contributed by atoms with Crippen LogP contribution in [0.4, 0.5) is 5.82 Å². The van der Waals surface area contributed by atoms with E-state index in [-0.39, 0.29) is 5.82 Å². The average molecular weight is 360 g/mol. The fraction of sp³-hybridized carbons (Fsp3) is 0.300. The lowest BCUT2D eigenvalue weighted by atomic mass is 9.88. The number of nitriles is 1. The summed E-state index contributed by atoms with van der Waals surface area (Å²) in [6.07, 6.45) is 3.92. The van der Waals surface area contributed by atoms with Crippen molar-refractivity contribution in [3.63, 3.8) is 0 Å². The number of benzene rings is 1. The van der Waals surface area contributed by atoms with E-state index in [2.05, 4.69) is 47.1 Å². The van der Waals surface area contributed by atoms with Crippen molar-refractivity contribution in [1.82, 2.24) is 19.7 Å². The fourth-order valence-corrected chi connectivity index (χ4v) is 3.63. The Morgan fingerprint density at radius 3 is 2.89 bits per heavy atom. The van der Waals surface area contributed by atoms with Crippen LogP contribution in [0.5, 0.6) is 0 Å². The van der Waals surface area contributed by atoms with E-state index >= 15 is 0 Å². The molecule has 1 aliphatic heterocycles. The van der Waals surface area contributed by atoms with Crippen molar-refractivity contribution in [3.8, 4) is 17.2 Å². The van der Waals surface area contributed by atoms with Crippen LogP contribution in [0.1, 0.15) is 33.5 Å². The highest BCUT2D eigenvalue weighted by Gasteiger charge is 2.24. The average Bonchev–Trinajstić information content (AvgIpc) is 3.16. The van der Waals surface area contributed by atoms with Crippen molar-refractivity contribution in [2.24, 2.45) is 0 Å². The fourth-order valence-electron chi connectivity index (χ4n) is 3.63. The van der Waals surface area contributed by atoms with Gasteiger partial charge in [-0.05, 0) is 42.2 Å². The molecule has 0 spiro atoms. The molecule has 0 unspecified atom stereocenters. The van der Waals surface area contributed by atoms with Crippen LogP contribution in [-0.2, 0) is 24.3 Å². The van der Waals surface area contributed by atoms with E-state index < -0.39 is 0 Å². The number of nitrogens with two attached hydrogens (primary N) is 1. The highest BCUT2D eigenvalue weighted by Crippen LogP contribution is 2.37. The second-order valence-electron chi connectivity index (χ2n) is 6.77. The first-order valence-electron chi connectivity index (χ1n) is 8.80. The number of nitrogens with zero attached hydrogens (tertiary/aromatic N) is 5. The normalized spacial score (nSPS) is 13.2. The smallest absolute Gasteiger partial charge is 0.142 e. The van der Waals surface area contributed by atoms with Gasteiger partial charge in [0.1, 0.15) is 30.1 Å². The first kappa shape index (κ1) is 17.2. The van der Waals surface area contributed by atoms with Crippen LogP contribution in [0, 0.1) is 25.2 Å². The molecule has 7 heteroatoms. The molecule has 4 rings (SSSR count). The van der Waals surface area contributed by atoms with Crippen LogP contribution in [0.3, 0.4) is 0 Å². The van der Waals surface area contributed by atoms with Gasteiger partial charge in [0.05, 0.1) is 25.5 Å². The zero-order valence-electron chi connectivity index (χ0n) is 15.4. The third-order valence-corrected chi connectivity index (χ3v) is 5.00. The summed E-state index contributed by atoms with van der Waals surface area (Å²) in [7, 11) is 0. The molecule has 3 aromatic rings. The lowest BCUT2D eigenvalue weighted by Gasteiger charge is -2.23. The van der Waals surface area contributed by atoms with E-state index in [0.29, 0.717) is 31.7 Å². The Morgan fingerprint density at radius 2 is 2.15 bits per heavy atom. The second kappa shape index (κ2) is 6.82. The van der Waals surface area contributed by atoms with Gasteiger partial charge < -0.3 is 10.5 Å². The van der Waals surface area contributed by atoms with Gasteiger partial charge in [-0.3, -0.25) is 0 Å². The van der Waals surface area contributed by atoms with Gasteiger partial charge in [0.2, 0.25) is 0 Å². The number of anilines is 1. The van der Waals surface area contributed by atoms with Gasteiger partial charge in [-0.1, -0.05) is 6.07 Å². The summed E-state index contributed by atoms with van der Waals surface area (Å²) in [6.45, 7) is 5.80. The number of rotatable bonds is 3. The van der Waals surface area contributed by atoms with Gasteiger partial charge in [0, 0.05) is 17.5 Å². The Balaban J connectivity index is 1.93. The Hall–Kier alpha value is -3.24. The van der Waals surface area contributed by atoms with Crippen molar-refractivity contribution in [3.05, 3.63) is 58.3 Å². The van der Waals surface area contributed by atoms with E-state index in [1.807, 2.05) is 0 Å². The molecule has 1 aliphatic rings. The van der Waals surface area contributed by atoms with E-state index in [0.717, 1.165) is 39.1 Å². The molecule has 0 atom stereocenters. The number of ether oxygens (including phenoxy) is 1. The zero-order chi connectivity index (χ0) is 19.0. The molecule has 1 aromatic carbocycles. The van der Waals surface area contributed by atoms with Gasteiger partial charge in [0.15, 0.2) is 0 Å². The maximum absolute atomic E-state index is 9.75. The topological polar surface area (TPSA) is 103 Å². The van der Waals surface area contributed by atoms with E-state index in [1.54, 1.807) is 11.0 Å². The number of aryl methyl sites for hydroxylation is 2. The van der Waals surface area contributed by atoms with Crippen LogP contribution >= 0.6 is 0 Å². The van der Waals surface area contributed by atoms with Gasteiger partial charge in [-0.2, -0.15) is 10.4 Å². The third kappa shape index (κ3) is 3.04. The molecule has 0 radical (unpaired) electrons. The minimum Gasteiger partial charge on any atom is -0.383 e. The van der Waals surface area contributed by atoms with Crippen molar-refractivity contribution in [2.75, 3.05) is 12.3 Å². The van der Waals surface area contributed by atoms with Gasteiger partial charge in [0.25, 0.3) is 0 Å². The number of aromatic nitrogens is 4. The molecule has 2 N–H and O–H groups in total. The van der Waals surface area contributed by atoms with Gasteiger partial charge >= 0.3 is 0 Å². The van der Waals surface area contributed by atoms with Crippen molar-refractivity contribution in [2.45, 2.75) is 33.4 Å². The number of hydrogen-bond acceptors (Lipinski definition) is 6. The zero-order valence-corrected chi connectivity index (χ0v) is 15.4. The lowest BCUT2D eigenvalue weighted by molar-refractivity contribution is 0.109. The summed E-state index contributed by atoms with van der Waals surface area (Å²) < 4.78 is 7.45. The Morgan fingerprint density at radius 1 is 1.30 bits per heavy atom. The molecule has 0 fully saturated rings. The third-order valence-electron chi connectivity index (χ3n) is 5.00. The number of nitrogen functional groups attached to an aromatic ring is 1. The largest absolute Gasteiger partial charge is 0.383 e. The van der Waals surface area contributed by atoms with Gasteiger partial charge in [-0.25, -0.2) is 14.6 Å². The van der Waals surface area contributed by atoms with Crippen LogP contribution in [0.15, 0.2) is 24.8 Å². The maximum Gasteiger partial charge on any atom is 0.142 e. The standard InChI is InChI=1S/C20H20N6O/c1-12-5-13(2)15(6-14(12)8-26-11-23-10-24-26)19-16(7-21)20(22)25-18-3-4-27-9-17(18)19/h5-6,10-11H,3-4,8-9H2,1-2H3,(H2,22,25). The molecule has 2 aromatic heterocycles. The summed E-state index contributed by atoms with van der Waals surface area (Å²) >= 11 is 0. The number of hydrogen-bond donors (Lipinski definition) is 1. The molecular formula is C20H20N6O. The van der Waals surface area contributed by atoms with E-state index in [1.165, 1.54) is 6.33 Å². The molecule has 7 nitrogen and oxygen atoms in total. The first-order chi connectivity index (χ1) is 13.1. The van der Waals surface area contributed by atoms with Crippen LogP contribution in [-0.4, -0.2) is 26.4 Å². The number of fused-ring (bicyclic) bond motifs is 1. The van der Waals surface area contributed by atoms with Crippen LogP contribution < -0.4 is 5.73 Å².